The van der Waals surface area contributed by atoms with Crippen LogP contribution in [0.5, 0.6) is 11.5 Å². The Balaban J connectivity index is 0.000000169. The summed E-state index contributed by atoms with van der Waals surface area (Å²) in [6, 6.07) is 14.3. The minimum absolute atomic E-state index is 0.00877. The van der Waals surface area contributed by atoms with Gasteiger partial charge >= 0.3 is 0 Å². The van der Waals surface area contributed by atoms with Crippen LogP contribution in [0, 0.1) is 5.92 Å². The molecule has 1 aromatic heterocycles. The second-order valence-electron chi connectivity index (χ2n) is 17.4. The molecule has 62 heavy (non-hydrogen) atoms. The second-order valence-corrected chi connectivity index (χ2v) is 17.4. The highest BCUT2D eigenvalue weighted by atomic mass is 19.3. The average molecular weight is 852 g/mol. The molecule has 0 bridgehead atoms. The number of fused-ring (bicyclic) bond motifs is 8. The van der Waals surface area contributed by atoms with Gasteiger partial charge in [-0.15, -0.1) is 0 Å². The van der Waals surface area contributed by atoms with E-state index in [0.717, 1.165) is 81.6 Å². The van der Waals surface area contributed by atoms with Crippen LogP contribution in [0.15, 0.2) is 60.9 Å². The molecule has 3 fully saturated rings. The maximum atomic E-state index is 13.7. The van der Waals surface area contributed by atoms with Crippen LogP contribution in [-0.2, 0) is 17.8 Å². The summed E-state index contributed by atoms with van der Waals surface area (Å²) < 4.78 is 39.5. The minimum atomic E-state index is -2.41. The van der Waals surface area contributed by atoms with Gasteiger partial charge in [-0.05, 0) is 93.2 Å². The first-order valence-corrected chi connectivity index (χ1v) is 22.9. The minimum Gasteiger partial charge on any atom is -0.496 e. The molecule has 332 valence electrons. The highest BCUT2D eigenvalue weighted by molar-refractivity contribution is 6.01. The lowest BCUT2D eigenvalue weighted by molar-refractivity contribution is -0.121. The number of nitrogens with zero attached hydrogens (tertiary/aromatic N) is 5. The molecule has 2 N–H and O–H groups in total. The number of carbonyl (C=O) groups excluding carboxylic acids is 2. The normalized spacial score (nSPS) is 23.6. The molecule has 7 heterocycles. The highest BCUT2D eigenvalue weighted by Crippen LogP contribution is 2.46. The molecule has 0 saturated carbocycles. The molecule has 10 rings (SSSR count). The number of carbonyl (C=O) groups is 2. The van der Waals surface area contributed by atoms with Crippen molar-refractivity contribution in [1.29, 1.82) is 0 Å². The number of benzene rings is 3. The summed E-state index contributed by atoms with van der Waals surface area (Å²) in [4.78, 5) is 33.2. The van der Waals surface area contributed by atoms with Crippen LogP contribution >= 0.6 is 0 Å². The van der Waals surface area contributed by atoms with Crippen LogP contribution in [-0.4, -0.2) is 96.3 Å². The van der Waals surface area contributed by atoms with Crippen molar-refractivity contribution in [2.75, 3.05) is 49.7 Å². The summed E-state index contributed by atoms with van der Waals surface area (Å²) in [5.74, 6) is 2.43. The van der Waals surface area contributed by atoms with E-state index in [2.05, 4.69) is 63.1 Å². The molecule has 13 heteroatoms. The number of nitrogens with one attached hydrogen (secondary N) is 2. The molecule has 2 amide bonds. The first-order chi connectivity index (χ1) is 30.1. The number of H-pyrrole nitrogens is 1. The van der Waals surface area contributed by atoms with E-state index in [0.29, 0.717) is 44.2 Å². The number of amides is 2. The summed E-state index contributed by atoms with van der Waals surface area (Å²) in [7, 11) is 1.68. The lowest BCUT2D eigenvalue weighted by atomic mass is 9.83. The average Bonchev–Trinajstić information content (AvgIpc) is 3.92. The Labute approximate surface area is 364 Å². The van der Waals surface area contributed by atoms with E-state index in [4.69, 9.17) is 9.47 Å². The quantitative estimate of drug-likeness (QED) is 0.190. The molecule has 0 spiro atoms. The van der Waals surface area contributed by atoms with Crippen molar-refractivity contribution >= 4 is 34.1 Å². The molecule has 0 aliphatic carbocycles. The summed E-state index contributed by atoms with van der Waals surface area (Å²) in [5.41, 5.74) is 8.76. The van der Waals surface area contributed by atoms with Crippen molar-refractivity contribution in [2.45, 2.75) is 123 Å². The van der Waals surface area contributed by atoms with Crippen molar-refractivity contribution in [3.63, 3.8) is 0 Å². The van der Waals surface area contributed by atoms with Crippen LogP contribution in [0.3, 0.4) is 0 Å². The van der Waals surface area contributed by atoms with Crippen LogP contribution in [0.25, 0.3) is 10.9 Å². The van der Waals surface area contributed by atoms with Crippen molar-refractivity contribution in [2.24, 2.45) is 5.92 Å². The molecule has 4 aromatic rings. The van der Waals surface area contributed by atoms with Crippen molar-refractivity contribution < 1.29 is 27.8 Å². The number of piperidine rings is 3. The smallest absolute Gasteiger partial charge is 0.255 e. The van der Waals surface area contributed by atoms with Gasteiger partial charge in [-0.3, -0.25) is 19.6 Å². The van der Waals surface area contributed by atoms with Gasteiger partial charge < -0.3 is 29.5 Å². The van der Waals surface area contributed by atoms with Crippen molar-refractivity contribution in [1.82, 2.24) is 25.3 Å². The first kappa shape index (κ1) is 43.5. The third kappa shape index (κ3) is 8.24. The van der Waals surface area contributed by atoms with E-state index in [9.17, 15) is 18.4 Å². The number of hydrogen-bond acceptors (Lipinski definition) is 8. The summed E-state index contributed by atoms with van der Waals surface area (Å²) in [6.45, 7) is 16.4. The third-order valence-corrected chi connectivity index (χ3v) is 14.0. The summed E-state index contributed by atoms with van der Waals surface area (Å²) in [6.07, 6.45) is 8.48. The molecule has 6 aliphatic rings. The van der Waals surface area contributed by atoms with Crippen molar-refractivity contribution in [3.05, 3.63) is 88.8 Å². The predicted octanol–water partition coefficient (Wildman–Crippen LogP) is 9.01. The van der Waals surface area contributed by atoms with E-state index >= 15 is 0 Å². The Hall–Kier alpha value is -5.17. The van der Waals surface area contributed by atoms with Crippen LogP contribution in [0.2, 0.25) is 0 Å². The topological polar surface area (TPSA) is 106 Å². The van der Waals surface area contributed by atoms with Crippen LogP contribution in [0.4, 0.5) is 20.2 Å². The van der Waals surface area contributed by atoms with Gasteiger partial charge in [-0.2, -0.15) is 5.10 Å². The summed E-state index contributed by atoms with van der Waals surface area (Å²) in [5, 5.41) is 11.1. The number of anilines is 2. The first-order valence-electron chi connectivity index (χ1n) is 22.9. The molecule has 2 unspecified atom stereocenters. The van der Waals surface area contributed by atoms with Crippen LogP contribution in [0.1, 0.15) is 118 Å². The zero-order chi connectivity index (χ0) is 43.7. The number of aromatic amines is 1. The standard InChI is InChI=1S/C27H34F2N4O.C20H23N3O3.C2H6/c1-4-18-9-11-32(12-10-18)19-5-6-21(25(14-19)34-3)27-20-7-8-24-23(15-30-31-24)22(20)13-17(2)33(27)16-26(28)29;1-12-16(7-8-18(24)21-12)23-10-15-14(20(23)25)5-6-17-19(15)26-11-13-4-2-3-9-22(13)17;1-2/h5-8,14-15,17-18,26-27H,4,9-13,16H2,1-3H3,(H,30,31);5-6,13,16H,1-4,7-11H2,(H,21,24);1-2H3/t17-,27?;13?,16-;/m10./s1. The van der Waals surface area contributed by atoms with E-state index < -0.39 is 6.43 Å². The number of ether oxygens (including phenoxy) is 2. The largest absolute Gasteiger partial charge is 0.496 e. The fourth-order valence-electron chi connectivity index (χ4n) is 10.7. The maximum absolute atomic E-state index is 13.7. The molecule has 6 aliphatic heterocycles. The zero-order valence-corrected chi connectivity index (χ0v) is 37.0. The van der Waals surface area contributed by atoms with Crippen molar-refractivity contribution in [3.8, 4) is 11.5 Å². The van der Waals surface area contributed by atoms with Gasteiger partial charge in [0.25, 0.3) is 12.3 Å². The lowest BCUT2D eigenvalue weighted by Gasteiger charge is -2.43. The number of methoxy groups -OCH3 is 1. The Bertz CT molecular complexity index is 2270. The Kier molecular flexibility index (Phi) is 13.1. The molecule has 11 nitrogen and oxygen atoms in total. The molecular weight excluding hydrogens is 789 g/mol. The van der Waals surface area contributed by atoms with E-state index in [-0.39, 0.29) is 36.5 Å². The number of alkyl halides is 2. The van der Waals surface area contributed by atoms with Gasteiger partial charge in [0.05, 0.1) is 55.7 Å². The van der Waals surface area contributed by atoms with Gasteiger partial charge in [-0.25, -0.2) is 8.78 Å². The fraction of sp³-hybridized carbons (Fsp3) is 0.531. The molecule has 0 radical (unpaired) electrons. The Morgan fingerprint density at radius 1 is 0.968 bits per heavy atom. The Morgan fingerprint density at radius 3 is 2.50 bits per heavy atom. The van der Waals surface area contributed by atoms with E-state index in [1.54, 1.807) is 7.11 Å². The van der Waals surface area contributed by atoms with E-state index in [1.807, 2.05) is 55.0 Å². The third-order valence-electron chi connectivity index (χ3n) is 14.0. The lowest BCUT2D eigenvalue weighted by Crippen LogP contribution is -2.46. The SMILES string of the molecule is C=C1NC(=O)CC[C@@H]1N1Cc2c(ccc3c2OCC2CCCCN32)C1=O.CC.CCC1CCN(c2ccc(C3c4ccc5[nH]ncc5c4C[C@@H](C)N3CC(F)F)c(OC)c2)CC1. The summed E-state index contributed by atoms with van der Waals surface area (Å²) >= 11 is 0. The second kappa shape index (κ2) is 18.7. The maximum Gasteiger partial charge on any atom is 0.255 e. The van der Waals surface area contributed by atoms with Gasteiger partial charge in [0.15, 0.2) is 0 Å². The van der Waals surface area contributed by atoms with Gasteiger partial charge in [0, 0.05) is 71.6 Å². The molecular formula is C49H63F2N7O4. The van der Waals surface area contributed by atoms with Gasteiger partial charge in [-0.1, -0.05) is 45.9 Å². The highest BCUT2D eigenvalue weighted by Gasteiger charge is 2.41. The zero-order valence-electron chi connectivity index (χ0n) is 37.0. The van der Waals surface area contributed by atoms with Crippen LogP contribution < -0.4 is 24.6 Å². The predicted molar refractivity (Wildman–Crippen MR) is 240 cm³/mol. The Morgan fingerprint density at radius 2 is 1.76 bits per heavy atom. The molecule has 4 atom stereocenters. The fourth-order valence-corrected chi connectivity index (χ4v) is 10.7. The number of halogens is 2. The molecule has 3 saturated heterocycles. The van der Waals surface area contributed by atoms with Gasteiger partial charge in [0.1, 0.15) is 18.1 Å². The molecule has 3 aromatic carbocycles. The van der Waals surface area contributed by atoms with E-state index in [1.165, 1.54) is 44.1 Å². The number of aromatic nitrogens is 2. The number of rotatable bonds is 7. The monoisotopic (exact) mass is 851 g/mol. The van der Waals surface area contributed by atoms with Gasteiger partial charge in [0.2, 0.25) is 5.91 Å². The number of hydrogen-bond donors (Lipinski definition) is 2.